The molecule has 0 radical (unpaired) electrons. The lowest BCUT2D eigenvalue weighted by molar-refractivity contribution is 0.0558. The summed E-state index contributed by atoms with van der Waals surface area (Å²) in [7, 11) is 3.30. The van der Waals surface area contributed by atoms with Crippen LogP contribution in [0.15, 0.2) is 10.5 Å². The number of methoxy groups -OCH3 is 1. The van der Waals surface area contributed by atoms with Crippen molar-refractivity contribution in [2.24, 2.45) is 0 Å². The topological polar surface area (TPSA) is 62.9 Å². The van der Waals surface area contributed by atoms with E-state index in [4.69, 9.17) is 4.42 Å². The number of carbonyl (C=O) groups excluding carboxylic acids is 1. The van der Waals surface area contributed by atoms with Crippen molar-refractivity contribution in [2.45, 2.75) is 39.3 Å². The normalized spacial score (nSPS) is 14.5. The van der Waals surface area contributed by atoms with Crippen molar-refractivity contribution in [3.63, 3.8) is 0 Å². The van der Waals surface area contributed by atoms with Crippen LogP contribution in [0.1, 0.15) is 48.2 Å². The van der Waals surface area contributed by atoms with E-state index in [0.29, 0.717) is 6.42 Å². The van der Waals surface area contributed by atoms with E-state index in [2.05, 4.69) is 9.64 Å². The molecule has 1 N–H and O–H groups in total. The maximum Gasteiger partial charge on any atom is 0.374 e. The highest BCUT2D eigenvalue weighted by Gasteiger charge is 2.21. The minimum Gasteiger partial charge on any atom is -0.463 e. The number of aliphatic hydroxyl groups is 1. The molecule has 5 heteroatoms. The van der Waals surface area contributed by atoms with E-state index in [1.54, 1.807) is 6.92 Å². The quantitative estimate of drug-likeness (QED) is 0.802. The molecule has 0 saturated heterocycles. The highest BCUT2D eigenvalue weighted by atomic mass is 16.5. The molecule has 19 heavy (non-hydrogen) atoms. The number of esters is 1. The molecule has 0 aliphatic carbocycles. The molecule has 0 bridgehead atoms. The zero-order valence-corrected chi connectivity index (χ0v) is 12.3. The predicted molar refractivity (Wildman–Crippen MR) is 72.1 cm³/mol. The lowest BCUT2D eigenvalue weighted by Crippen LogP contribution is -2.25. The van der Waals surface area contributed by atoms with Crippen LogP contribution in [0.4, 0.5) is 0 Å². The first-order valence-electron chi connectivity index (χ1n) is 6.43. The van der Waals surface area contributed by atoms with Gasteiger partial charge in [0.15, 0.2) is 0 Å². The number of rotatable bonds is 6. The van der Waals surface area contributed by atoms with Crippen molar-refractivity contribution < 1.29 is 19.1 Å². The van der Waals surface area contributed by atoms with Gasteiger partial charge in [-0.05, 0) is 40.3 Å². The number of carbonyl (C=O) groups is 1. The molecule has 1 aromatic rings. The summed E-state index contributed by atoms with van der Waals surface area (Å²) in [6.07, 6.45) is 0.378. The van der Waals surface area contributed by atoms with Gasteiger partial charge in [-0.2, -0.15) is 0 Å². The Morgan fingerprint density at radius 1 is 1.53 bits per heavy atom. The van der Waals surface area contributed by atoms with Gasteiger partial charge in [-0.25, -0.2) is 4.79 Å². The lowest BCUT2D eigenvalue weighted by Gasteiger charge is -2.23. The first-order chi connectivity index (χ1) is 8.86. The number of hydrogen-bond donors (Lipinski definition) is 1. The van der Waals surface area contributed by atoms with Gasteiger partial charge in [-0.3, -0.25) is 4.90 Å². The van der Waals surface area contributed by atoms with E-state index >= 15 is 0 Å². The fourth-order valence-electron chi connectivity index (χ4n) is 1.81. The Bertz CT molecular complexity index is 425. The molecule has 0 amide bonds. The third-order valence-electron chi connectivity index (χ3n) is 3.28. The van der Waals surface area contributed by atoms with Crippen molar-refractivity contribution in [1.29, 1.82) is 0 Å². The maximum absolute atomic E-state index is 11.5. The highest BCUT2D eigenvalue weighted by Crippen LogP contribution is 2.25. The number of nitrogens with zero attached hydrogens (tertiary/aromatic N) is 1. The van der Waals surface area contributed by atoms with E-state index in [0.717, 1.165) is 17.9 Å². The number of aryl methyl sites for hydroxylation is 1. The fraction of sp³-hybridized carbons (Fsp3) is 0.643. The largest absolute Gasteiger partial charge is 0.463 e. The van der Waals surface area contributed by atoms with Crippen LogP contribution in [0, 0.1) is 6.92 Å². The number of hydrogen-bond acceptors (Lipinski definition) is 5. The maximum atomic E-state index is 11.5. The molecule has 2 unspecified atom stereocenters. The third kappa shape index (κ3) is 4.08. The number of aliphatic hydroxyl groups excluding tert-OH is 1. The molecule has 0 aromatic carbocycles. The SMILES string of the molecule is COC(=O)c1oc(C(C)N(C)CCC(C)O)cc1C. The van der Waals surface area contributed by atoms with Crippen LogP contribution in [-0.4, -0.2) is 42.8 Å². The van der Waals surface area contributed by atoms with E-state index in [9.17, 15) is 9.90 Å². The van der Waals surface area contributed by atoms with Gasteiger partial charge in [0.2, 0.25) is 5.76 Å². The highest BCUT2D eigenvalue weighted by molar-refractivity contribution is 5.87. The Labute approximate surface area is 114 Å². The summed E-state index contributed by atoms with van der Waals surface area (Å²) in [6, 6.07) is 1.89. The predicted octanol–water partition coefficient (Wildman–Crippen LogP) is 2.14. The van der Waals surface area contributed by atoms with E-state index < -0.39 is 5.97 Å². The van der Waals surface area contributed by atoms with Gasteiger partial charge in [0.25, 0.3) is 0 Å². The minimum atomic E-state index is -0.456. The summed E-state index contributed by atoms with van der Waals surface area (Å²) in [4.78, 5) is 13.6. The summed E-state index contributed by atoms with van der Waals surface area (Å²) >= 11 is 0. The second-order valence-corrected chi connectivity index (χ2v) is 4.95. The van der Waals surface area contributed by atoms with Crippen molar-refractivity contribution in [1.82, 2.24) is 4.90 Å². The Kier molecular flexibility index (Phi) is 5.57. The molecular formula is C14H23NO4. The van der Waals surface area contributed by atoms with Crippen LogP contribution in [0.2, 0.25) is 0 Å². The van der Waals surface area contributed by atoms with Crippen LogP contribution >= 0.6 is 0 Å². The summed E-state index contributed by atoms with van der Waals surface area (Å²) < 4.78 is 10.2. The second kappa shape index (κ2) is 6.73. The summed E-state index contributed by atoms with van der Waals surface area (Å²) in [5, 5.41) is 9.30. The number of ether oxygens (including phenoxy) is 1. The smallest absolute Gasteiger partial charge is 0.374 e. The standard InChI is InChI=1S/C14H23NO4/c1-9-8-12(19-13(9)14(17)18-5)11(3)15(4)7-6-10(2)16/h8,10-11,16H,6-7H2,1-5H3. The molecule has 1 rings (SSSR count). The average molecular weight is 269 g/mol. The van der Waals surface area contributed by atoms with Crippen molar-refractivity contribution in [2.75, 3.05) is 20.7 Å². The van der Waals surface area contributed by atoms with Gasteiger partial charge in [-0.1, -0.05) is 0 Å². The molecule has 0 fully saturated rings. The molecule has 0 aliphatic heterocycles. The molecule has 0 spiro atoms. The molecule has 5 nitrogen and oxygen atoms in total. The van der Waals surface area contributed by atoms with Crippen molar-refractivity contribution >= 4 is 5.97 Å². The van der Waals surface area contributed by atoms with Crippen LogP contribution < -0.4 is 0 Å². The molecule has 108 valence electrons. The summed E-state index contributed by atoms with van der Waals surface area (Å²) in [5.41, 5.74) is 0.776. The van der Waals surface area contributed by atoms with Crippen molar-refractivity contribution in [3.05, 3.63) is 23.2 Å². The zero-order valence-electron chi connectivity index (χ0n) is 12.3. The van der Waals surface area contributed by atoms with E-state index in [1.165, 1.54) is 7.11 Å². The van der Waals surface area contributed by atoms with Gasteiger partial charge in [0.1, 0.15) is 5.76 Å². The van der Waals surface area contributed by atoms with Crippen LogP contribution in [0.5, 0.6) is 0 Å². The molecule has 1 aromatic heterocycles. The Hall–Kier alpha value is -1.33. The van der Waals surface area contributed by atoms with Crippen molar-refractivity contribution in [3.8, 4) is 0 Å². The first kappa shape index (κ1) is 15.7. The van der Waals surface area contributed by atoms with E-state index in [1.807, 2.05) is 27.0 Å². The van der Waals surface area contributed by atoms with Gasteiger partial charge in [0.05, 0.1) is 19.3 Å². The Balaban J connectivity index is 2.77. The van der Waals surface area contributed by atoms with E-state index in [-0.39, 0.29) is 17.9 Å². The first-order valence-corrected chi connectivity index (χ1v) is 6.43. The summed E-state index contributed by atoms with van der Waals surface area (Å²) in [6.45, 7) is 6.35. The van der Waals surface area contributed by atoms with Gasteiger partial charge in [-0.15, -0.1) is 0 Å². The van der Waals surface area contributed by atoms with Crippen LogP contribution in [0.3, 0.4) is 0 Å². The van der Waals surface area contributed by atoms with Gasteiger partial charge in [0, 0.05) is 12.1 Å². The molecule has 0 saturated carbocycles. The molecule has 1 heterocycles. The van der Waals surface area contributed by atoms with Crippen LogP contribution in [-0.2, 0) is 4.74 Å². The Morgan fingerprint density at radius 3 is 2.68 bits per heavy atom. The molecule has 0 aliphatic rings. The summed E-state index contributed by atoms with van der Waals surface area (Å²) in [5.74, 6) is 0.529. The van der Waals surface area contributed by atoms with Gasteiger partial charge >= 0.3 is 5.97 Å². The zero-order chi connectivity index (χ0) is 14.6. The lowest BCUT2D eigenvalue weighted by atomic mass is 10.2. The Morgan fingerprint density at radius 2 is 2.16 bits per heavy atom. The third-order valence-corrected chi connectivity index (χ3v) is 3.28. The fourth-order valence-corrected chi connectivity index (χ4v) is 1.81. The molecular weight excluding hydrogens is 246 g/mol. The number of furan rings is 1. The minimum absolute atomic E-state index is 0.0378. The monoisotopic (exact) mass is 269 g/mol. The second-order valence-electron chi connectivity index (χ2n) is 4.95. The van der Waals surface area contributed by atoms with Gasteiger partial charge < -0.3 is 14.3 Å². The van der Waals surface area contributed by atoms with Crippen LogP contribution in [0.25, 0.3) is 0 Å². The average Bonchev–Trinajstić information content (AvgIpc) is 2.76. The molecule has 2 atom stereocenters.